The summed E-state index contributed by atoms with van der Waals surface area (Å²) in [6.45, 7) is 2.76. The van der Waals surface area contributed by atoms with Crippen molar-refractivity contribution < 1.29 is 18.7 Å². The molecule has 6 rings (SSSR count). The van der Waals surface area contributed by atoms with Gasteiger partial charge in [0, 0.05) is 37.2 Å². The lowest BCUT2D eigenvalue weighted by Gasteiger charge is -2.28. The van der Waals surface area contributed by atoms with E-state index >= 15 is 0 Å². The number of carbonyl (C=O) groups is 1. The summed E-state index contributed by atoms with van der Waals surface area (Å²) in [5.41, 5.74) is 4.24. The number of fused-ring (bicyclic) bond motifs is 2. The highest BCUT2D eigenvalue weighted by atomic mass is 16.5. The van der Waals surface area contributed by atoms with Crippen LogP contribution in [0.1, 0.15) is 10.4 Å². The largest absolute Gasteiger partial charge is 0.497 e. The summed E-state index contributed by atoms with van der Waals surface area (Å²) in [7, 11) is 3.41. The van der Waals surface area contributed by atoms with Gasteiger partial charge in [0.05, 0.1) is 31.6 Å². The van der Waals surface area contributed by atoms with Crippen LogP contribution in [0.25, 0.3) is 33.5 Å². The quantitative estimate of drug-likeness (QED) is 0.506. The molecule has 2 aliphatic rings. The number of hydrogen-bond donors (Lipinski definition) is 0. The van der Waals surface area contributed by atoms with Gasteiger partial charge in [0.2, 0.25) is 5.89 Å². The number of anilines is 2. The minimum Gasteiger partial charge on any atom is -0.497 e. The fraction of sp³-hybridized carbons (Fsp3) is 0.261. The number of morpholine rings is 1. The van der Waals surface area contributed by atoms with E-state index in [4.69, 9.17) is 23.9 Å². The molecule has 4 heterocycles. The molecule has 0 N–H and O–H groups in total. The topological polar surface area (TPSA) is 80.9 Å². The Kier molecular flexibility index (Phi) is 3.91. The van der Waals surface area contributed by atoms with Gasteiger partial charge in [-0.3, -0.25) is 4.79 Å². The predicted molar refractivity (Wildman–Crippen MR) is 117 cm³/mol. The molecule has 1 saturated heterocycles. The molecule has 0 unspecified atom stereocenters. The SMILES string of the molecule is COc1ccc(-c2nc3c(cc4c5c(cc(N6CCOCC6)nc53)C(=O)N4C)o2)cc1. The van der Waals surface area contributed by atoms with E-state index in [2.05, 4.69) is 4.90 Å². The number of nitrogens with zero attached hydrogens (tertiary/aromatic N) is 4. The van der Waals surface area contributed by atoms with Crippen LogP contribution in [0, 0.1) is 0 Å². The normalized spacial score (nSPS) is 16.0. The maximum absolute atomic E-state index is 13.0. The first kappa shape index (κ1) is 18.1. The summed E-state index contributed by atoms with van der Waals surface area (Å²) < 4.78 is 16.8. The van der Waals surface area contributed by atoms with Gasteiger partial charge in [-0.25, -0.2) is 9.97 Å². The molecular formula is C23H20N4O4. The van der Waals surface area contributed by atoms with Gasteiger partial charge in [-0.1, -0.05) is 0 Å². The first-order valence-corrected chi connectivity index (χ1v) is 10.2. The minimum atomic E-state index is -0.0417. The highest BCUT2D eigenvalue weighted by Gasteiger charge is 2.32. The number of ether oxygens (including phenoxy) is 2. The average Bonchev–Trinajstić information content (AvgIpc) is 3.36. The number of methoxy groups -OCH3 is 1. The second-order valence-corrected chi connectivity index (χ2v) is 7.71. The Morgan fingerprint density at radius 3 is 2.55 bits per heavy atom. The Bertz CT molecular complexity index is 1340. The average molecular weight is 416 g/mol. The number of carbonyl (C=O) groups excluding carboxylic acids is 1. The molecule has 0 saturated carbocycles. The summed E-state index contributed by atoms with van der Waals surface area (Å²) >= 11 is 0. The molecule has 1 amide bonds. The molecular weight excluding hydrogens is 396 g/mol. The molecule has 2 aromatic carbocycles. The predicted octanol–water partition coefficient (Wildman–Crippen LogP) is 3.48. The van der Waals surface area contributed by atoms with Gasteiger partial charge in [0.15, 0.2) is 5.58 Å². The Balaban J connectivity index is 1.58. The third-order valence-electron chi connectivity index (χ3n) is 5.98. The Morgan fingerprint density at radius 1 is 1.03 bits per heavy atom. The van der Waals surface area contributed by atoms with Gasteiger partial charge < -0.3 is 23.7 Å². The monoisotopic (exact) mass is 416 g/mol. The van der Waals surface area contributed by atoms with E-state index in [1.807, 2.05) is 36.4 Å². The summed E-state index contributed by atoms with van der Waals surface area (Å²) in [4.78, 5) is 26.5. The molecule has 0 aliphatic carbocycles. The number of hydrogen-bond acceptors (Lipinski definition) is 7. The van der Waals surface area contributed by atoms with Crippen molar-refractivity contribution in [3.63, 3.8) is 0 Å². The summed E-state index contributed by atoms with van der Waals surface area (Å²) in [5.74, 6) is 2.00. The van der Waals surface area contributed by atoms with E-state index in [9.17, 15) is 4.79 Å². The van der Waals surface area contributed by atoms with Crippen molar-refractivity contribution in [2.24, 2.45) is 0 Å². The standard InChI is InChI=1S/C23H20N4O4/c1-26-16-12-17-20(25-22(31-17)13-3-5-14(29-2)6-4-13)21-19(16)15(23(26)28)11-18(24-21)27-7-9-30-10-8-27/h3-6,11-12H,7-10H2,1-2H3. The maximum Gasteiger partial charge on any atom is 0.258 e. The van der Waals surface area contributed by atoms with Crippen LogP contribution in [0.5, 0.6) is 5.75 Å². The molecule has 0 radical (unpaired) electrons. The molecule has 8 heteroatoms. The van der Waals surface area contributed by atoms with Crippen molar-refractivity contribution in [2.75, 3.05) is 50.3 Å². The zero-order chi connectivity index (χ0) is 21.1. The molecule has 156 valence electrons. The molecule has 31 heavy (non-hydrogen) atoms. The van der Waals surface area contributed by atoms with Crippen LogP contribution in [0.2, 0.25) is 0 Å². The van der Waals surface area contributed by atoms with Crippen molar-refractivity contribution in [3.8, 4) is 17.2 Å². The van der Waals surface area contributed by atoms with Gasteiger partial charge in [-0.2, -0.15) is 0 Å². The Morgan fingerprint density at radius 2 is 1.81 bits per heavy atom. The number of amides is 1. The van der Waals surface area contributed by atoms with Crippen molar-refractivity contribution >= 4 is 39.4 Å². The van der Waals surface area contributed by atoms with E-state index in [1.54, 1.807) is 19.1 Å². The highest BCUT2D eigenvalue weighted by molar-refractivity contribution is 6.28. The van der Waals surface area contributed by atoms with Crippen LogP contribution < -0.4 is 14.5 Å². The van der Waals surface area contributed by atoms with Crippen LogP contribution in [0.15, 0.2) is 40.8 Å². The Hall–Kier alpha value is -3.65. The molecule has 0 atom stereocenters. The van der Waals surface area contributed by atoms with Crippen molar-refractivity contribution in [3.05, 3.63) is 42.0 Å². The van der Waals surface area contributed by atoms with Crippen LogP contribution in [-0.2, 0) is 4.74 Å². The van der Waals surface area contributed by atoms with Gasteiger partial charge >= 0.3 is 0 Å². The lowest BCUT2D eigenvalue weighted by molar-refractivity contribution is 0.0999. The first-order valence-electron chi connectivity index (χ1n) is 10.2. The molecule has 4 aromatic rings. The summed E-state index contributed by atoms with van der Waals surface area (Å²) in [5, 5.41) is 0.826. The van der Waals surface area contributed by atoms with Crippen molar-refractivity contribution in [1.29, 1.82) is 0 Å². The van der Waals surface area contributed by atoms with Gasteiger partial charge in [-0.05, 0) is 30.3 Å². The first-order chi connectivity index (χ1) is 15.1. The Labute approximate surface area is 178 Å². The van der Waals surface area contributed by atoms with Crippen molar-refractivity contribution in [1.82, 2.24) is 9.97 Å². The zero-order valence-corrected chi connectivity index (χ0v) is 17.2. The number of aromatic nitrogens is 2. The molecule has 0 spiro atoms. The number of benzene rings is 2. The number of oxazole rings is 1. The third-order valence-corrected chi connectivity index (χ3v) is 5.98. The van der Waals surface area contributed by atoms with E-state index in [0.717, 1.165) is 41.3 Å². The fourth-order valence-electron chi connectivity index (χ4n) is 4.29. The maximum atomic E-state index is 13.0. The third kappa shape index (κ3) is 2.68. The summed E-state index contributed by atoms with van der Waals surface area (Å²) in [6.07, 6.45) is 0. The van der Waals surface area contributed by atoms with Gasteiger partial charge in [0.25, 0.3) is 5.91 Å². The summed E-state index contributed by atoms with van der Waals surface area (Å²) in [6, 6.07) is 11.3. The molecule has 8 nitrogen and oxygen atoms in total. The molecule has 2 aromatic heterocycles. The highest BCUT2D eigenvalue weighted by Crippen LogP contribution is 2.42. The van der Waals surface area contributed by atoms with E-state index in [-0.39, 0.29) is 5.91 Å². The molecule has 2 aliphatic heterocycles. The van der Waals surface area contributed by atoms with Crippen LogP contribution in [0.3, 0.4) is 0 Å². The van der Waals surface area contributed by atoms with Gasteiger partial charge in [-0.15, -0.1) is 0 Å². The number of rotatable bonds is 3. The van der Waals surface area contributed by atoms with Crippen LogP contribution >= 0.6 is 0 Å². The lowest BCUT2D eigenvalue weighted by Crippen LogP contribution is -2.36. The van der Waals surface area contributed by atoms with E-state index in [1.165, 1.54) is 0 Å². The number of pyridine rings is 1. The van der Waals surface area contributed by atoms with Crippen molar-refractivity contribution in [2.45, 2.75) is 0 Å². The minimum absolute atomic E-state index is 0.0417. The lowest BCUT2D eigenvalue weighted by atomic mass is 10.1. The zero-order valence-electron chi connectivity index (χ0n) is 17.2. The fourth-order valence-corrected chi connectivity index (χ4v) is 4.29. The molecule has 0 bridgehead atoms. The van der Waals surface area contributed by atoms with Crippen LogP contribution in [-0.4, -0.2) is 56.3 Å². The second-order valence-electron chi connectivity index (χ2n) is 7.71. The van der Waals surface area contributed by atoms with Crippen LogP contribution in [0.4, 0.5) is 11.5 Å². The second kappa shape index (κ2) is 6.68. The van der Waals surface area contributed by atoms with E-state index < -0.39 is 0 Å². The van der Waals surface area contributed by atoms with Gasteiger partial charge in [0.1, 0.15) is 22.6 Å². The smallest absolute Gasteiger partial charge is 0.258 e. The van der Waals surface area contributed by atoms with E-state index in [0.29, 0.717) is 41.3 Å². The molecule has 1 fully saturated rings.